The van der Waals surface area contributed by atoms with Crippen LogP contribution in [0.1, 0.15) is 49.5 Å². The van der Waals surface area contributed by atoms with Gasteiger partial charge in [0.1, 0.15) is 5.54 Å². The summed E-state index contributed by atoms with van der Waals surface area (Å²) in [6.45, 7) is 3.21. The van der Waals surface area contributed by atoms with Crippen molar-refractivity contribution >= 4 is 11.9 Å². The van der Waals surface area contributed by atoms with Gasteiger partial charge in [0.15, 0.2) is 0 Å². The molecule has 2 aliphatic heterocycles. The van der Waals surface area contributed by atoms with Crippen molar-refractivity contribution in [3.63, 3.8) is 0 Å². The smallest absolute Gasteiger partial charge is 0.372 e. The highest BCUT2D eigenvalue weighted by Gasteiger charge is 2.50. The Morgan fingerprint density at radius 3 is 2.03 bits per heavy atom. The maximum atomic E-state index is 13.1. The molecule has 172 valence electrons. The van der Waals surface area contributed by atoms with Gasteiger partial charge >= 0.3 is 18.4 Å². The average Bonchev–Trinajstić information content (AvgIpc) is 2.94. The molecule has 0 bridgehead atoms. The highest BCUT2D eigenvalue weighted by Crippen LogP contribution is 2.38. The van der Waals surface area contributed by atoms with Crippen LogP contribution in [0.15, 0.2) is 18.2 Å². The van der Waals surface area contributed by atoms with Crippen molar-refractivity contribution in [3.8, 4) is 0 Å². The van der Waals surface area contributed by atoms with Crippen LogP contribution in [0.5, 0.6) is 0 Å². The summed E-state index contributed by atoms with van der Waals surface area (Å²) >= 11 is 0. The summed E-state index contributed by atoms with van der Waals surface area (Å²) < 4.78 is 84.0. The van der Waals surface area contributed by atoms with Crippen LogP contribution in [0.25, 0.3) is 0 Å². The first kappa shape index (κ1) is 23.3. The van der Waals surface area contributed by atoms with E-state index in [1.54, 1.807) is 6.92 Å². The number of hydrogen-bond acceptors (Lipinski definition) is 4. The quantitative estimate of drug-likeness (QED) is 0.482. The fraction of sp³-hybridized carbons (Fsp3) is 0.579. The normalized spacial score (nSPS) is 27.9. The molecular formula is C19H21F6N3O3. The number of amides is 3. The van der Waals surface area contributed by atoms with Gasteiger partial charge in [0.2, 0.25) is 0 Å². The highest BCUT2D eigenvalue weighted by molar-refractivity contribution is 6.07. The molecule has 1 aromatic carbocycles. The monoisotopic (exact) mass is 453 g/mol. The van der Waals surface area contributed by atoms with E-state index in [1.165, 1.54) is 6.92 Å². The maximum absolute atomic E-state index is 13.1. The van der Waals surface area contributed by atoms with Gasteiger partial charge in [-0.2, -0.15) is 26.3 Å². The second-order valence-electron chi connectivity index (χ2n) is 8.20. The molecule has 31 heavy (non-hydrogen) atoms. The SMILES string of the molecule is C[C@@H](OC[C@@]1(C)CC[C@]2(CN1)NC(=O)NC2=O)c1cc(C(F)(F)F)cc(C(F)(F)F)c1. The molecule has 3 atom stereocenters. The number of ether oxygens (including phenoxy) is 1. The standard InChI is InChI=1S/C19H21F6N3O3/c1-10(11-5-12(18(20,21)22)7-13(6-11)19(23,24)25)31-9-16(2)3-4-17(8-26-16)14(29)27-15(30)28-17/h5-7,10,26H,3-4,8-9H2,1-2H3,(H2,27,28,29,30)/t10-,16-,17-/m1/s1. The van der Waals surface area contributed by atoms with Crippen LogP contribution in [0.2, 0.25) is 0 Å². The molecule has 1 spiro atoms. The number of nitrogens with one attached hydrogen (secondary N) is 3. The minimum atomic E-state index is -4.94. The van der Waals surface area contributed by atoms with Gasteiger partial charge in [0, 0.05) is 12.1 Å². The Kier molecular flexibility index (Phi) is 5.76. The number of urea groups is 1. The minimum Gasteiger partial charge on any atom is -0.372 e. The molecule has 0 unspecified atom stereocenters. The number of rotatable bonds is 4. The van der Waals surface area contributed by atoms with Crippen molar-refractivity contribution in [1.29, 1.82) is 0 Å². The van der Waals surface area contributed by atoms with Crippen LogP contribution in [0.3, 0.4) is 0 Å². The number of carbonyl (C=O) groups excluding carboxylic acids is 2. The van der Waals surface area contributed by atoms with E-state index in [4.69, 9.17) is 4.74 Å². The number of hydrogen-bond donors (Lipinski definition) is 3. The first-order valence-electron chi connectivity index (χ1n) is 9.43. The van der Waals surface area contributed by atoms with E-state index in [-0.39, 0.29) is 24.8 Å². The molecular weight excluding hydrogens is 432 g/mol. The zero-order chi connectivity index (χ0) is 23.2. The number of halogens is 6. The predicted molar refractivity (Wildman–Crippen MR) is 95.9 cm³/mol. The van der Waals surface area contributed by atoms with E-state index < -0.39 is 52.6 Å². The Hall–Kier alpha value is -2.34. The Morgan fingerprint density at radius 2 is 1.61 bits per heavy atom. The van der Waals surface area contributed by atoms with Crippen LogP contribution in [-0.4, -0.2) is 36.2 Å². The second-order valence-corrected chi connectivity index (χ2v) is 8.20. The van der Waals surface area contributed by atoms with Crippen molar-refractivity contribution < 1.29 is 40.7 Å². The third-order valence-corrected chi connectivity index (χ3v) is 5.67. The van der Waals surface area contributed by atoms with Crippen LogP contribution in [-0.2, 0) is 21.9 Å². The molecule has 3 amide bonds. The third kappa shape index (κ3) is 4.95. The molecule has 3 rings (SSSR count). The van der Waals surface area contributed by atoms with Crippen molar-refractivity contribution in [2.75, 3.05) is 13.2 Å². The number of alkyl halides is 6. The molecule has 0 aliphatic carbocycles. The maximum Gasteiger partial charge on any atom is 0.416 e. The lowest BCUT2D eigenvalue weighted by Gasteiger charge is -2.42. The molecule has 2 saturated heterocycles. The zero-order valence-corrected chi connectivity index (χ0v) is 16.6. The molecule has 0 aromatic heterocycles. The summed E-state index contributed by atoms with van der Waals surface area (Å²) in [5.41, 5.74) is -4.83. The van der Waals surface area contributed by atoms with E-state index in [9.17, 15) is 35.9 Å². The molecule has 3 N–H and O–H groups in total. The van der Waals surface area contributed by atoms with Crippen LogP contribution in [0, 0.1) is 0 Å². The Bertz CT molecular complexity index is 843. The van der Waals surface area contributed by atoms with Crippen molar-refractivity contribution in [3.05, 3.63) is 34.9 Å². The summed E-state index contributed by atoms with van der Waals surface area (Å²) in [6.07, 6.45) is -10.2. The van der Waals surface area contributed by atoms with Gasteiger partial charge < -0.3 is 15.4 Å². The van der Waals surface area contributed by atoms with E-state index in [0.29, 0.717) is 25.0 Å². The van der Waals surface area contributed by atoms with E-state index in [1.807, 2.05) is 0 Å². The summed E-state index contributed by atoms with van der Waals surface area (Å²) in [4.78, 5) is 23.4. The largest absolute Gasteiger partial charge is 0.416 e. The Labute approximate surface area is 173 Å². The number of carbonyl (C=O) groups is 2. The van der Waals surface area contributed by atoms with E-state index in [0.717, 1.165) is 0 Å². The number of piperidine rings is 1. The first-order valence-corrected chi connectivity index (χ1v) is 9.43. The van der Waals surface area contributed by atoms with Crippen molar-refractivity contribution in [2.24, 2.45) is 0 Å². The van der Waals surface area contributed by atoms with Gasteiger partial charge in [-0.25, -0.2) is 4.79 Å². The highest BCUT2D eigenvalue weighted by atomic mass is 19.4. The van der Waals surface area contributed by atoms with E-state index in [2.05, 4.69) is 16.0 Å². The summed E-state index contributed by atoms with van der Waals surface area (Å²) in [5.74, 6) is -0.454. The molecule has 6 nitrogen and oxygen atoms in total. The van der Waals surface area contributed by atoms with Gasteiger partial charge in [0.25, 0.3) is 5.91 Å². The molecule has 1 aromatic rings. The molecule has 12 heteroatoms. The van der Waals surface area contributed by atoms with Gasteiger partial charge in [-0.1, -0.05) is 0 Å². The zero-order valence-electron chi connectivity index (χ0n) is 16.6. The van der Waals surface area contributed by atoms with Gasteiger partial charge in [-0.15, -0.1) is 0 Å². The predicted octanol–water partition coefficient (Wildman–Crippen LogP) is 3.52. The first-order chi connectivity index (χ1) is 14.1. The topological polar surface area (TPSA) is 79.5 Å². The summed E-state index contributed by atoms with van der Waals surface area (Å²) in [5, 5.41) is 7.84. The minimum absolute atomic E-state index is 0.0303. The van der Waals surface area contributed by atoms with Crippen molar-refractivity contribution in [1.82, 2.24) is 16.0 Å². The molecule has 2 heterocycles. The summed E-state index contributed by atoms with van der Waals surface area (Å²) in [6, 6.07) is 0.763. The van der Waals surface area contributed by atoms with Crippen LogP contribution < -0.4 is 16.0 Å². The molecule has 0 saturated carbocycles. The number of benzene rings is 1. The fourth-order valence-corrected chi connectivity index (χ4v) is 3.60. The summed E-state index contributed by atoms with van der Waals surface area (Å²) in [7, 11) is 0. The van der Waals surface area contributed by atoms with Crippen LogP contribution >= 0.6 is 0 Å². The van der Waals surface area contributed by atoms with Gasteiger partial charge in [0.05, 0.1) is 23.8 Å². The lowest BCUT2D eigenvalue weighted by Crippen LogP contribution is -2.64. The van der Waals surface area contributed by atoms with Gasteiger partial charge in [-0.05, 0) is 50.5 Å². The van der Waals surface area contributed by atoms with Crippen molar-refractivity contribution in [2.45, 2.75) is 56.2 Å². The lowest BCUT2D eigenvalue weighted by molar-refractivity contribution is -0.143. The van der Waals surface area contributed by atoms with Crippen LogP contribution in [0.4, 0.5) is 31.1 Å². The molecule has 2 aliphatic rings. The fourth-order valence-electron chi connectivity index (χ4n) is 3.60. The third-order valence-electron chi connectivity index (χ3n) is 5.67. The molecule has 2 fully saturated rings. The lowest BCUT2D eigenvalue weighted by atomic mass is 9.81. The van der Waals surface area contributed by atoms with Gasteiger partial charge in [-0.3, -0.25) is 10.1 Å². The molecule has 0 radical (unpaired) electrons. The van der Waals surface area contributed by atoms with E-state index >= 15 is 0 Å². The number of imide groups is 1. The Morgan fingerprint density at radius 1 is 1.03 bits per heavy atom. The Balaban J connectivity index is 1.70. The second kappa shape index (κ2) is 7.66. The average molecular weight is 453 g/mol.